The molecule has 0 spiro atoms. The number of aromatic hydroxyl groups is 1. The lowest BCUT2D eigenvalue weighted by Crippen LogP contribution is -2.24. The standard InChI is InChI=1S/C33H53NO2/c1-2-3-4-5-6-7-8-9-10-11-12-13-14-15-16-17-18-19-20-21-26-34-33(36)31-23-22-30-28-32(35)25-24-29(30)27-31/h22-25,27-28,35H,2-21,26H2,1H3,(H,34,36). The van der Waals surface area contributed by atoms with E-state index in [1.165, 1.54) is 122 Å². The number of carbonyl (C=O) groups is 1. The van der Waals surface area contributed by atoms with Crippen molar-refractivity contribution in [1.29, 1.82) is 0 Å². The lowest BCUT2D eigenvalue weighted by molar-refractivity contribution is 0.0953. The second kappa shape index (κ2) is 20.1. The molecule has 3 nitrogen and oxygen atoms in total. The summed E-state index contributed by atoms with van der Waals surface area (Å²) in [6, 6.07) is 10.8. The van der Waals surface area contributed by atoms with Crippen molar-refractivity contribution >= 4 is 16.7 Å². The summed E-state index contributed by atoms with van der Waals surface area (Å²) < 4.78 is 0. The first-order valence-corrected chi connectivity index (χ1v) is 15.2. The zero-order valence-electron chi connectivity index (χ0n) is 23.2. The summed E-state index contributed by atoms with van der Waals surface area (Å²) in [4.78, 5) is 12.4. The average molecular weight is 496 g/mol. The molecule has 0 bridgehead atoms. The third-order valence-corrected chi connectivity index (χ3v) is 7.40. The highest BCUT2D eigenvalue weighted by molar-refractivity contribution is 5.98. The fraction of sp³-hybridized carbons (Fsp3) is 0.667. The molecule has 0 aliphatic rings. The lowest BCUT2D eigenvalue weighted by atomic mass is 10.0. The van der Waals surface area contributed by atoms with E-state index in [9.17, 15) is 9.90 Å². The topological polar surface area (TPSA) is 49.3 Å². The Balaban J connectivity index is 1.32. The average Bonchev–Trinajstić information content (AvgIpc) is 2.89. The van der Waals surface area contributed by atoms with Gasteiger partial charge in [-0.1, -0.05) is 141 Å². The molecular weight excluding hydrogens is 442 g/mol. The van der Waals surface area contributed by atoms with Gasteiger partial charge < -0.3 is 10.4 Å². The van der Waals surface area contributed by atoms with Gasteiger partial charge in [0.05, 0.1) is 0 Å². The molecule has 0 heterocycles. The minimum absolute atomic E-state index is 0.0113. The number of phenolic OH excluding ortho intramolecular Hbond substituents is 1. The smallest absolute Gasteiger partial charge is 0.251 e. The van der Waals surface area contributed by atoms with Gasteiger partial charge in [0.2, 0.25) is 0 Å². The van der Waals surface area contributed by atoms with Gasteiger partial charge >= 0.3 is 0 Å². The van der Waals surface area contributed by atoms with E-state index in [1.54, 1.807) is 12.1 Å². The maximum atomic E-state index is 12.4. The zero-order chi connectivity index (χ0) is 25.7. The lowest BCUT2D eigenvalue weighted by Gasteiger charge is -2.07. The molecule has 0 radical (unpaired) electrons. The Morgan fingerprint density at radius 1 is 0.583 bits per heavy atom. The summed E-state index contributed by atoms with van der Waals surface area (Å²) in [6.07, 6.45) is 27.6. The molecule has 0 atom stereocenters. The van der Waals surface area contributed by atoms with Gasteiger partial charge in [-0.3, -0.25) is 4.79 Å². The summed E-state index contributed by atoms with van der Waals surface area (Å²) in [5, 5.41) is 14.5. The Morgan fingerprint density at radius 2 is 1.00 bits per heavy atom. The number of nitrogens with one attached hydrogen (secondary N) is 1. The van der Waals surface area contributed by atoms with E-state index in [0.717, 1.165) is 23.7 Å². The van der Waals surface area contributed by atoms with Crippen molar-refractivity contribution in [1.82, 2.24) is 5.32 Å². The third kappa shape index (κ3) is 13.9. The van der Waals surface area contributed by atoms with Crippen LogP contribution in [0, 0.1) is 0 Å². The zero-order valence-corrected chi connectivity index (χ0v) is 23.2. The number of hydrogen-bond acceptors (Lipinski definition) is 2. The van der Waals surface area contributed by atoms with Crippen LogP contribution in [-0.4, -0.2) is 17.6 Å². The highest BCUT2D eigenvalue weighted by Crippen LogP contribution is 2.21. The number of unbranched alkanes of at least 4 members (excludes halogenated alkanes) is 19. The molecule has 36 heavy (non-hydrogen) atoms. The van der Waals surface area contributed by atoms with Crippen molar-refractivity contribution in [2.24, 2.45) is 0 Å². The van der Waals surface area contributed by atoms with Crippen LogP contribution < -0.4 is 5.32 Å². The van der Waals surface area contributed by atoms with Crippen LogP contribution in [0.4, 0.5) is 0 Å². The molecular formula is C33H53NO2. The summed E-state index contributed by atoms with van der Waals surface area (Å²) in [6.45, 7) is 3.03. The van der Waals surface area contributed by atoms with Crippen LogP contribution in [0.25, 0.3) is 10.8 Å². The molecule has 1 amide bonds. The van der Waals surface area contributed by atoms with Crippen LogP contribution in [0.2, 0.25) is 0 Å². The largest absolute Gasteiger partial charge is 0.508 e. The Kier molecular flexibility index (Phi) is 16.8. The molecule has 0 aromatic heterocycles. The maximum absolute atomic E-state index is 12.4. The first kappa shape index (κ1) is 30.2. The number of phenols is 1. The van der Waals surface area contributed by atoms with Gasteiger partial charge in [0, 0.05) is 12.1 Å². The monoisotopic (exact) mass is 495 g/mol. The Hall–Kier alpha value is -2.03. The predicted molar refractivity (Wildman–Crippen MR) is 156 cm³/mol. The first-order chi connectivity index (χ1) is 17.7. The number of rotatable bonds is 22. The molecule has 0 saturated heterocycles. The van der Waals surface area contributed by atoms with Gasteiger partial charge in [0.1, 0.15) is 5.75 Å². The Labute approximate surface area is 221 Å². The summed E-state index contributed by atoms with van der Waals surface area (Å²) in [7, 11) is 0. The second-order valence-corrected chi connectivity index (χ2v) is 10.7. The molecule has 2 rings (SSSR count). The minimum Gasteiger partial charge on any atom is -0.508 e. The van der Waals surface area contributed by atoms with Crippen LogP contribution >= 0.6 is 0 Å². The number of carbonyl (C=O) groups excluding carboxylic acids is 1. The number of fused-ring (bicyclic) bond motifs is 1. The molecule has 0 aliphatic carbocycles. The summed E-state index contributed by atoms with van der Waals surface area (Å²) in [5.41, 5.74) is 0.682. The summed E-state index contributed by atoms with van der Waals surface area (Å²) >= 11 is 0. The normalized spacial score (nSPS) is 11.2. The van der Waals surface area contributed by atoms with Gasteiger partial charge in [-0.2, -0.15) is 0 Å². The molecule has 202 valence electrons. The maximum Gasteiger partial charge on any atom is 0.251 e. The molecule has 2 N–H and O–H groups in total. The van der Waals surface area contributed by atoms with Gasteiger partial charge in [-0.05, 0) is 41.5 Å². The van der Waals surface area contributed by atoms with E-state index < -0.39 is 0 Å². The van der Waals surface area contributed by atoms with Crippen molar-refractivity contribution in [2.45, 2.75) is 135 Å². The molecule has 0 fully saturated rings. The molecule has 0 saturated carbocycles. The van der Waals surface area contributed by atoms with Crippen LogP contribution in [-0.2, 0) is 0 Å². The highest BCUT2D eigenvalue weighted by atomic mass is 16.3. The Morgan fingerprint density at radius 3 is 1.50 bits per heavy atom. The van der Waals surface area contributed by atoms with Crippen LogP contribution in [0.3, 0.4) is 0 Å². The Bertz CT molecular complexity index is 832. The van der Waals surface area contributed by atoms with Gasteiger partial charge in [0.25, 0.3) is 5.91 Å². The first-order valence-electron chi connectivity index (χ1n) is 15.2. The minimum atomic E-state index is -0.0113. The number of benzene rings is 2. The molecule has 2 aromatic carbocycles. The fourth-order valence-electron chi connectivity index (χ4n) is 5.06. The molecule has 3 heteroatoms. The second-order valence-electron chi connectivity index (χ2n) is 10.7. The van der Waals surface area contributed by atoms with E-state index in [2.05, 4.69) is 12.2 Å². The van der Waals surface area contributed by atoms with E-state index in [-0.39, 0.29) is 11.7 Å². The number of hydrogen-bond donors (Lipinski definition) is 2. The van der Waals surface area contributed by atoms with Crippen LogP contribution in [0.1, 0.15) is 146 Å². The highest BCUT2D eigenvalue weighted by Gasteiger charge is 2.06. The van der Waals surface area contributed by atoms with E-state index in [0.29, 0.717) is 5.56 Å². The van der Waals surface area contributed by atoms with Crippen LogP contribution in [0.15, 0.2) is 36.4 Å². The van der Waals surface area contributed by atoms with E-state index in [1.807, 2.05) is 24.3 Å². The van der Waals surface area contributed by atoms with Gasteiger partial charge in [0.15, 0.2) is 0 Å². The van der Waals surface area contributed by atoms with E-state index in [4.69, 9.17) is 0 Å². The van der Waals surface area contributed by atoms with E-state index >= 15 is 0 Å². The van der Waals surface area contributed by atoms with Crippen molar-refractivity contribution in [3.8, 4) is 5.75 Å². The van der Waals surface area contributed by atoms with Crippen molar-refractivity contribution < 1.29 is 9.90 Å². The van der Waals surface area contributed by atoms with Gasteiger partial charge in [-0.25, -0.2) is 0 Å². The molecule has 0 aliphatic heterocycles. The fourth-order valence-corrected chi connectivity index (χ4v) is 5.06. The van der Waals surface area contributed by atoms with Gasteiger partial charge in [-0.15, -0.1) is 0 Å². The predicted octanol–water partition coefficient (Wildman–Crippen LogP) is 10.1. The summed E-state index contributed by atoms with van der Waals surface area (Å²) in [5.74, 6) is 0.238. The van der Waals surface area contributed by atoms with Crippen molar-refractivity contribution in [2.75, 3.05) is 6.54 Å². The number of amides is 1. The SMILES string of the molecule is CCCCCCCCCCCCCCCCCCCCCCNC(=O)c1ccc2cc(O)ccc2c1. The molecule has 2 aromatic rings. The third-order valence-electron chi connectivity index (χ3n) is 7.40. The van der Waals surface area contributed by atoms with Crippen molar-refractivity contribution in [3.63, 3.8) is 0 Å². The molecule has 0 unspecified atom stereocenters. The van der Waals surface area contributed by atoms with Crippen molar-refractivity contribution in [3.05, 3.63) is 42.0 Å². The quantitative estimate of drug-likeness (QED) is 0.160. The van der Waals surface area contributed by atoms with Crippen LogP contribution in [0.5, 0.6) is 5.75 Å².